The highest BCUT2D eigenvalue weighted by molar-refractivity contribution is 8.26. The predicted molar refractivity (Wildman–Crippen MR) is 104 cm³/mol. The molecule has 3 nitrogen and oxygen atoms in total. The van der Waals surface area contributed by atoms with Gasteiger partial charge in [0.1, 0.15) is 15.8 Å². The third kappa shape index (κ3) is 3.40. The van der Waals surface area contributed by atoms with Crippen LogP contribution in [0.1, 0.15) is 19.6 Å². The molecule has 1 aromatic carbocycles. The van der Waals surface area contributed by atoms with E-state index in [1.807, 2.05) is 26.0 Å². The molecule has 24 heavy (non-hydrogen) atoms. The van der Waals surface area contributed by atoms with E-state index in [0.29, 0.717) is 30.8 Å². The van der Waals surface area contributed by atoms with Gasteiger partial charge in [0.15, 0.2) is 0 Å². The number of hydrogen-bond acceptors (Lipinski definition) is 4. The average molecular weight is 398 g/mol. The van der Waals surface area contributed by atoms with Crippen molar-refractivity contribution in [2.75, 3.05) is 0 Å². The molecule has 0 atom stereocenters. The zero-order valence-electron chi connectivity index (χ0n) is 12.9. The van der Waals surface area contributed by atoms with Gasteiger partial charge in [0.2, 0.25) is 0 Å². The van der Waals surface area contributed by atoms with E-state index in [2.05, 4.69) is 0 Å². The van der Waals surface area contributed by atoms with E-state index in [1.54, 1.807) is 29.2 Å². The molecule has 1 fully saturated rings. The smallest absolute Gasteiger partial charge is 0.266 e. The third-order valence-corrected chi connectivity index (χ3v) is 5.51. The molecule has 7 heteroatoms. The van der Waals surface area contributed by atoms with Crippen molar-refractivity contribution in [3.63, 3.8) is 0 Å². The van der Waals surface area contributed by atoms with Crippen molar-refractivity contribution in [1.82, 2.24) is 4.90 Å². The van der Waals surface area contributed by atoms with Crippen molar-refractivity contribution in [3.05, 3.63) is 51.0 Å². The first-order valence-corrected chi connectivity index (χ1v) is 9.17. The lowest BCUT2D eigenvalue weighted by Gasteiger charge is -2.18. The number of carbonyl (C=O) groups is 1. The number of hydrogen-bond donors (Lipinski definition) is 0. The second kappa shape index (κ2) is 6.92. The molecule has 1 aliphatic heterocycles. The number of amides is 1. The van der Waals surface area contributed by atoms with Crippen LogP contribution in [0.15, 0.2) is 39.7 Å². The zero-order chi connectivity index (χ0) is 17.4. The molecule has 2 aromatic rings. The maximum Gasteiger partial charge on any atom is 0.266 e. The summed E-state index contributed by atoms with van der Waals surface area (Å²) in [7, 11) is 0. The van der Waals surface area contributed by atoms with Crippen molar-refractivity contribution in [3.8, 4) is 11.3 Å². The van der Waals surface area contributed by atoms with Gasteiger partial charge in [0, 0.05) is 17.7 Å². The first-order chi connectivity index (χ1) is 11.4. The minimum Gasteiger partial charge on any atom is -0.457 e. The van der Waals surface area contributed by atoms with Crippen LogP contribution in [-0.2, 0) is 4.79 Å². The number of furan rings is 1. The summed E-state index contributed by atoms with van der Waals surface area (Å²) in [5, 5.41) is 0.953. The summed E-state index contributed by atoms with van der Waals surface area (Å²) in [6.07, 6.45) is 1.71. The minimum atomic E-state index is -0.0903. The SMILES string of the molecule is CC(C)N1C(=O)C(=Cc2ccc(-c3ccc(Cl)c(Cl)c3)o2)SC1=S. The molecule has 124 valence electrons. The average Bonchev–Trinajstić information content (AvgIpc) is 3.07. The number of benzene rings is 1. The molecule has 0 radical (unpaired) electrons. The monoisotopic (exact) mass is 397 g/mol. The van der Waals surface area contributed by atoms with Gasteiger partial charge in [-0.25, -0.2) is 0 Å². The van der Waals surface area contributed by atoms with E-state index >= 15 is 0 Å². The Bertz CT molecular complexity index is 858. The number of halogens is 2. The Balaban J connectivity index is 1.87. The molecule has 0 N–H and O–H groups in total. The summed E-state index contributed by atoms with van der Waals surface area (Å²) in [6.45, 7) is 3.87. The van der Waals surface area contributed by atoms with E-state index in [4.69, 9.17) is 39.8 Å². The molecule has 1 amide bonds. The Labute approximate surface area is 159 Å². The standard InChI is InChI=1S/C17H13Cl2NO2S2/c1-9(2)20-16(21)15(24-17(20)23)8-11-4-6-14(22-11)10-3-5-12(18)13(19)7-10/h3-9H,1-2H3. The molecule has 1 saturated heterocycles. The molecule has 0 unspecified atom stereocenters. The molecule has 2 heterocycles. The minimum absolute atomic E-state index is 0.0340. The van der Waals surface area contributed by atoms with Crippen LogP contribution in [0.25, 0.3) is 17.4 Å². The summed E-state index contributed by atoms with van der Waals surface area (Å²) >= 11 is 18.5. The molecule has 1 aliphatic rings. The molecular formula is C17H13Cl2NO2S2. The molecule has 3 rings (SSSR count). The van der Waals surface area contributed by atoms with Gasteiger partial charge in [0.05, 0.1) is 15.0 Å². The molecule has 0 saturated carbocycles. The van der Waals surface area contributed by atoms with E-state index in [0.717, 1.165) is 5.56 Å². The maximum absolute atomic E-state index is 12.4. The number of nitrogens with zero attached hydrogens (tertiary/aromatic N) is 1. The second-order valence-corrected chi connectivity index (χ2v) is 7.97. The number of rotatable bonds is 3. The summed E-state index contributed by atoms with van der Waals surface area (Å²) in [4.78, 5) is 14.6. The molecule has 0 aliphatic carbocycles. The van der Waals surface area contributed by atoms with Gasteiger partial charge in [-0.2, -0.15) is 0 Å². The maximum atomic E-state index is 12.4. The fourth-order valence-corrected chi connectivity index (χ4v) is 4.09. The quantitative estimate of drug-likeness (QED) is 0.479. The highest BCUT2D eigenvalue weighted by Gasteiger charge is 2.33. The van der Waals surface area contributed by atoms with Crippen LogP contribution in [0.3, 0.4) is 0 Å². The van der Waals surface area contributed by atoms with Gasteiger partial charge in [-0.15, -0.1) is 0 Å². The van der Waals surface area contributed by atoms with Crippen LogP contribution in [0.2, 0.25) is 10.0 Å². The van der Waals surface area contributed by atoms with Gasteiger partial charge in [-0.05, 0) is 44.2 Å². The van der Waals surface area contributed by atoms with E-state index < -0.39 is 0 Å². The summed E-state index contributed by atoms with van der Waals surface area (Å²) in [5.41, 5.74) is 0.818. The second-order valence-electron chi connectivity index (χ2n) is 5.48. The lowest BCUT2D eigenvalue weighted by molar-refractivity contribution is -0.123. The fourth-order valence-electron chi connectivity index (χ4n) is 2.29. The van der Waals surface area contributed by atoms with Gasteiger partial charge in [0.25, 0.3) is 5.91 Å². The highest BCUT2D eigenvalue weighted by atomic mass is 35.5. The third-order valence-electron chi connectivity index (χ3n) is 3.44. The summed E-state index contributed by atoms with van der Waals surface area (Å²) in [5.74, 6) is 1.15. The Hall–Kier alpha value is -1.27. The summed E-state index contributed by atoms with van der Waals surface area (Å²) in [6, 6.07) is 8.95. The largest absolute Gasteiger partial charge is 0.457 e. The van der Waals surface area contributed by atoms with Gasteiger partial charge in [-0.3, -0.25) is 9.69 Å². The van der Waals surface area contributed by atoms with Crippen LogP contribution in [0.4, 0.5) is 0 Å². The number of thiocarbonyl (C=S) groups is 1. The van der Waals surface area contributed by atoms with Crippen LogP contribution < -0.4 is 0 Å². The Morgan fingerprint density at radius 1 is 1.21 bits per heavy atom. The van der Waals surface area contributed by atoms with E-state index in [1.165, 1.54) is 11.8 Å². The van der Waals surface area contributed by atoms with Gasteiger partial charge < -0.3 is 4.42 Å². The Morgan fingerprint density at radius 3 is 2.58 bits per heavy atom. The van der Waals surface area contributed by atoms with Crippen molar-refractivity contribution >= 4 is 63.5 Å². The van der Waals surface area contributed by atoms with Crippen molar-refractivity contribution in [2.24, 2.45) is 0 Å². The molecule has 0 bridgehead atoms. The van der Waals surface area contributed by atoms with Gasteiger partial charge in [-0.1, -0.05) is 47.2 Å². The van der Waals surface area contributed by atoms with E-state index in [9.17, 15) is 4.79 Å². The topological polar surface area (TPSA) is 33.5 Å². The Morgan fingerprint density at radius 2 is 1.96 bits per heavy atom. The van der Waals surface area contributed by atoms with E-state index in [-0.39, 0.29) is 11.9 Å². The lowest BCUT2D eigenvalue weighted by atomic mass is 10.2. The van der Waals surface area contributed by atoms with Gasteiger partial charge >= 0.3 is 0 Å². The first-order valence-electron chi connectivity index (χ1n) is 7.19. The fraction of sp³-hybridized carbons (Fsp3) is 0.176. The first kappa shape index (κ1) is 17.5. The zero-order valence-corrected chi connectivity index (χ0v) is 16.0. The molecule has 1 aromatic heterocycles. The normalized spacial score (nSPS) is 16.7. The van der Waals surface area contributed by atoms with Crippen molar-refractivity contribution in [2.45, 2.75) is 19.9 Å². The predicted octanol–water partition coefficient (Wildman–Crippen LogP) is 5.86. The molecule has 0 spiro atoms. The molecular weight excluding hydrogens is 385 g/mol. The highest BCUT2D eigenvalue weighted by Crippen LogP contribution is 2.35. The summed E-state index contributed by atoms with van der Waals surface area (Å²) < 4.78 is 6.37. The van der Waals surface area contributed by atoms with Crippen LogP contribution >= 0.6 is 47.2 Å². The van der Waals surface area contributed by atoms with Crippen LogP contribution in [0.5, 0.6) is 0 Å². The van der Waals surface area contributed by atoms with Crippen LogP contribution in [-0.4, -0.2) is 21.2 Å². The van der Waals surface area contributed by atoms with Crippen LogP contribution in [0, 0.1) is 0 Å². The van der Waals surface area contributed by atoms with Crippen molar-refractivity contribution in [1.29, 1.82) is 0 Å². The number of thioether (sulfide) groups is 1. The van der Waals surface area contributed by atoms with Crippen molar-refractivity contribution < 1.29 is 9.21 Å². The lowest BCUT2D eigenvalue weighted by Crippen LogP contribution is -2.34. The Kier molecular flexibility index (Phi) is 5.06. The number of carbonyl (C=O) groups excluding carboxylic acids is 1.